The van der Waals surface area contributed by atoms with Crippen LogP contribution < -0.4 is 5.32 Å². The van der Waals surface area contributed by atoms with Crippen LogP contribution >= 0.6 is 0 Å². The average Bonchev–Trinajstić information content (AvgIpc) is 2.96. The predicted molar refractivity (Wildman–Crippen MR) is 82.5 cm³/mol. The molecule has 0 saturated carbocycles. The van der Waals surface area contributed by atoms with E-state index in [1.165, 1.54) is 38.7 Å². The Balaban J connectivity index is 1.60. The summed E-state index contributed by atoms with van der Waals surface area (Å²) in [6.07, 6.45) is 8.72. The maximum atomic E-state index is 4.43. The van der Waals surface area contributed by atoms with Gasteiger partial charge < -0.3 is 10.2 Å². The van der Waals surface area contributed by atoms with Gasteiger partial charge in [0, 0.05) is 12.6 Å². The Kier molecular flexibility index (Phi) is 4.45. The molecule has 1 unspecified atom stereocenters. The van der Waals surface area contributed by atoms with Crippen molar-refractivity contribution >= 4 is 5.69 Å². The number of pyridine rings is 1. The van der Waals surface area contributed by atoms with Crippen molar-refractivity contribution in [3.63, 3.8) is 0 Å². The molecule has 112 valence electrons. The summed E-state index contributed by atoms with van der Waals surface area (Å²) in [5.41, 5.74) is 1.08. The largest absolute Gasteiger partial charge is 0.381 e. The fraction of sp³-hybridized carbons (Fsp3) is 0.533. The minimum Gasteiger partial charge on any atom is -0.381 e. The Labute approximate surface area is 125 Å². The Morgan fingerprint density at radius 3 is 2.95 bits per heavy atom. The number of hydrogen-bond acceptors (Lipinski definition) is 5. The Bertz CT molecular complexity index is 536. The summed E-state index contributed by atoms with van der Waals surface area (Å²) >= 11 is 0. The molecule has 2 aromatic heterocycles. The zero-order valence-electron chi connectivity index (χ0n) is 12.4. The third kappa shape index (κ3) is 3.58. The molecule has 1 N–H and O–H groups in total. The van der Waals surface area contributed by atoms with Gasteiger partial charge in [-0.25, -0.2) is 14.6 Å². The van der Waals surface area contributed by atoms with Crippen LogP contribution in [0, 0.1) is 0 Å². The molecule has 1 saturated heterocycles. The monoisotopic (exact) mass is 286 g/mol. The minimum absolute atomic E-state index is 0.542. The second-order valence-electron chi connectivity index (χ2n) is 5.45. The highest BCUT2D eigenvalue weighted by Gasteiger charge is 2.15. The molecular weight excluding hydrogens is 264 g/mol. The SMILES string of the molecule is CCN1CCCC(Nc2ccc(-n3cncn3)nc2)CC1. The summed E-state index contributed by atoms with van der Waals surface area (Å²) in [5.74, 6) is 0.788. The zero-order valence-corrected chi connectivity index (χ0v) is 12.4. The van der Waals surface area contributed by atoms with Gasteiger partial charge in [-0.2, -0.15) is 5.10 Å². The van der Waals surface area contributed by atoms with E-state index >= 15 is 0 Å². The van der Waals surface area contributed by atoms with Crippen molar-refractivity contribution < 1.29 is 0 Å². The van der Waals surface area contributed by atoms with Crippen LogP contribution in [0.5, 0.6) is 0 Å². The number of hydrogen-bond donors (Lipinski definition) is 1. The maximum Gasteiger partial charge on any atom is 0.155 e. The second-order valence-corrected chi connectivity index (χ2v) is 5.45. The lowest BCUT2D eigenvalue weighted by molar-refractivity contribution is 0.300. The van der Waals surface area contributed by atoms with E-state index in [0.717, 1.165) is 18.1 Å². The van der Waals surface area contributed by atoms with Crippen molar-refractivity contribution in [1.82, 2.24) is 24.6 Å². The van der Waals surface area contributed by atoms with Gasteiger partial charge in [0.2, 0.25) is 0 Å². The lowest BCUT2D eigenvalue weighted by Gasteiger charge is -2.19. The van der Waals surface area contributed by atoms with E-state index in [9.17, 15) is 0 Å². The van der Waals surface area contributed by atoms with Crippen molar-refractivity contribution in [3.05, 3.63) is 31.0 Å². The standard InChI is InChI=1S/C15H22N6/c1-2-20-8-3-4-13(7-9-20)19-14-5-6-15(17-10-14)21-12-16-11-18-21/h5-6,10-13,19H,2-4,7-9H2,1H3. The van der Waals surface area contributed by atoms with E-state index in [0.29, 0.717) is 6.04 Å². The first-order chi connectivity index (χ1) is 10.3. The lowest BCUT2D eigenvalue weighted by atomic mass is 10.1. The third-order valence-corrected chi connectivity index (χ3v) is 4.04. The van der Waals surface area contributed by atoms with Crippen molar-refractivity contribution in [1.29, 1.82) is 0 Å². The van der Waals surface area contributed by atoms with E-state index < -0.39 is 0 Å². The molecule has 0 bridgehead atoms. The molecule has 0 spiro atoms. The van der Waals surface area contributed by atoms with Gasteiger partial charge in [0.15, 0.2) is 5.82 Å². The Morgan fingerprint density at radius 2 is 2.24 bits per heavy atom. The second kappa shape index (κ2) is 6.67. The zero-order chi connectivity index (χ0) is 14.5. The average molecular weight is 286 g/mol. The van der Waals surface area contributed by atoms with Gasteiger partial charge in [0.1, 0.15) is 12.7 Å². The van der Waals surface area contributed by atoms with Crippen molar-refractivity contribution in [3.8, 4) is 5.82 Å². The first kappa shape index (κ1) is 14.0. The molecule has 0 aliphatic carbocycles. The first-order valence-electron chi connectivity index (χ1n) is 7.65. The van der Waals surface area contributed by atoms with Crippen LogP contribution in [0.15, 0.2) is 31.0 Å². The van der Waals surface area contributed by atoms with Gasteiger partial charge >= 0.3 is 0 Å². The van der Waals surface area contributed by atoms with E-state index in [1.54, 1.807) is 11.0 Å². The summed E-state index contributed by atoms with van der Waals surface area (Å²) in [4.78, 5) is 10.9. The molecule has 1 aliphatic rings. The number of aromatic nitrogens is 4. The first-order valence-corrected chi connectivity index (χ1v) is 7.65. The van der Waals surface area contributed by atoms with Gasteiger partial charge in [0.05, 0.1) is 11.9 Å². The van der Waals surface area contributed by atoms with E-state index in [2.05, 4.69) is 38.3 Å². The molecule has 0 amide bonds. The molecule has 6 heteroatoms. The lowest BCUT2D eigenvalue weighted by Crippen LogP contribution is -2.26. The third-order valence-electron chi connectivity index (χ3n) is 4.04. The quantitative estimate of drug-likeness (QED) is 0.931. The van der Waals surface area contributed by atoms with Crippen LogP contribution in [0.25, 0.3) is 5.82 Å². The van der Waals surface area contributed by atoms with Gasteiger partial charge in [-0.1, -0.05) is 6.92 Å². The minimum atomic E-state index is 0.542. The summed E-state index contributed by atoms with van der Waals surface area (Å²) in [6, 6.07) is 4.57. The van der Waals surface area contributed by atoms with Gasteiger partial charge in [-0.3, -0.25) is 0 Å². The fourth-order valence-corrected chi connectivity index (χ4v) is 2.79. The van der Waals surface area contributed by atoms with E-state index in [-0.39, 0.29) is 0 Å². The van der Waals surface area contributed by atoms with Crippen LogP contribution in [0.3, 0.4) is 0 Å². The molecule has 3 heterocycles. The molecule has 2 aromatic rings. The molecule has 0 aromatic carbocycles. The molecule has 1 fully saturated rings. The summed E-state index contributed by atoms with van der Waals surface area (Å²) < 4.78 is 1.66. The van der Waals surface area contributed by atoms with Gasteiger partial charge in [-0.05, 0) is 44.5 Å². The number of rotatable bonds is 4. The number of nitrogens with zero attached hydrogens (tertiary/aromatic N) is 5. The maximum absolute atomic E-state index is 4.43. The topological polar surface area (TPSA) is 58.9 Å². The summed E-state index contributed by atoms with van der Waals surface area (Å²) in [7, 11) is 0. The summed E-state index contributed by atoms with van der Waals surface area (Å²) in [5, 5.41) is 7.68. The molecule has 3 rings (SSSR count). The van der Waals surface area contributed by atoms with Crippen LogP contribution in [0.2, 0.25) is 0 Å². The van der Waals surface area contributed by atoms with Crippen molar-refractivity contribution in [2.75, 3.05) is 25.0 Å². The van der Waals surface area contributed by atoms with E-state index in [1.807, 2.05) is 12.3 Å². The number of anilines is 1. The molecule has 0 radical (unpaired) electrons. The molecule has 6 nitrogen and oxygen atoms in total. The van der Waals surface area contributed by atoms with Crippen molar-refractivity contribution in [2.24, 2.45) is 0 Å². The number of nitrogens with one attached hydrogen (secondary N) is 1. The molecule has 21 heavy (non-hydrogen) atoms. The van der Waals surface area contributed by atoms with Gasteiger partial charge in [-0.15, -0.1) is 0 Å². The highest BCUT2D eigenvalue weighted by atomic mass is 15.3. The summed E-state index contributed by atoms with van der Waals surface area (Å²) in [6.45, 7) is 5.79. The van der Waals surface area contributed by atoms with Crippen LogP contribution in [-0.4, -0.2) is 50.3 Å². The molecular formula is C15H22N6. The van der Waals surface area contributed by atoms with Crippen molar-refractivity contribution in [2.45, 2.75) is 32.2 Å². The van der Waals surface area contributed by atoms with Crippen LogP contribution in [0.4, 0.5) is 5.69 Å². The van der Waals surface area contributed by atoms with Gasteiger partial charge in [0.25, 0.3) is 0 Å². The van der Waals surface area contributed by atoms with Crippen LogP contribution in [0.1, 0.15) is 26.2 Å². The smallest absolute Gasteiger partial charge is 0.155 e. The highest BCUT2D eigenvalue weighted by molar-refractivity contribution is 5.44. The molecule has 1 atom stereocenters. The normalized spacial score (nSPS) is 20.1. The predicted octanol–water partition coefficient (Wildman–Crippen LogP) is 1.95. The van der Waals surface area contributed by atoms with E-state index in [4.69, 9.17) is 0 Å². The Hall–Kier alpha value is -1.95. The highest BCUT2D eigenvalue weighted by Crippen LogP contribution is 2.17. The fourth-order valence-electron chi connectivity index (χ4n) is 2.79. The van der Waals surface area contributed by atoms with Crippen LogP contribution in [-0.2, 0) is 0 Å². The molecule has 1 aliphatic heterocycles. The number of likely N-dealkylation sites (tertiary alicyclic amines) is 1. The Morgan fingerprint density at radius 1 is 1.29 bits per heavy atom.